The smallest absolute Gasteiger partial charge is 0.292 e. The van der Waals surface area contributed by atoms with Crippen molar-refractivity contribution in [2.24, 2.45) is 56.4 Å². The van der Waals surface area contributed by atoms with Gasteiger partial charge in [-0.25, -0.2) is 15.0 Å². The van der Waals surface area contributed by atoms with Crippen LogP contribution >= 0.6 is 11.6 Å². The average Bonchev–Trinajstić information content (AvgIpc) is 1.58. The number of fused-ring (bicyclic) bond motifs is 3. The highest BCUT2D eigenvalue weighted by Crippen LogP contribution is 2.45. The number of aromatic hydroxyl groups is 1. The number of phenolic OH excluding ortho intramolecular Hbond substituents is 1. The lowest BCUT2D eigenvalue weighted by Crippen LogP contribution is -2.45. The normalized spacial score (nSPS) is 12.5. The number of hydrogen-bond acceptors (Lipinski definition) is 18. The van der Waals surface area contributed by atoms with Gasteiger partial charge in [0, 0.05) is 194 Å². The van der Waals surface area contributed by atoms with Crippen LogP contribution in [0.15, 0.2) is 116 Å². The molecule has 13 amide bonds. The van der Waals surface area contributed by atoms with E-state index in [4.69, 9.17) is 11.6 Å². The molecule has 13 N–H and O–H groups in total. The molecule has 2 atom stereocenters. The summed E-state index contributed by atoms with van der Waals surface area (Å²) in [5.74, 6) is -7.22. The minimum atomic E-state index is -1.37. The van der Waals surface area contributed by atoms with Gasteiger partial charge in [0.15, 0.2) is 17.5 Å². The molecule has 10 aromatic rings. The topological polar surface area (TPSA) is 471 Å². The lowest BCUT2D eigenvalue weighted by atomic mass is 9.95. The molecular formula is C78H92ClN25O14. The van der Waals surface area contributed by atoms with E-state index in [1.54, 1.807) is 78.8 Å². The van der Waals surface area contributed by atoms with Crippen molar-refractivity contribution in [3.8, 4) is 5.75 Å². The van der Waals surface area contributed by atoms with Crippen molar-refractivity contribution in [1.29, 1.82) is 0 Å². The Kier molecular flexibility index (Phi) is 26.9. The van der Waals surface area contributed by atoms with Crippen molar-refractivity contribution in [3.63, 3.8) is 0 Å². The summed E-state index contributed by atoms with van der Waals surface area (Å²) in [6.07, 6.45) is 13.7. The molecule has 118 heavy (non-hydrogen) atoms. The number of aromatic nitrogens is 11. The van der Waals surface area contributed by atoms with Gasteiger partial charge in [-0.05, 0) is 81.2 Å². The zero-order chi connectivity index (χ0) is 84.9. The van der Waals surface area contributed by atoms with Crippen LogP contribution in [0.4, 0.5) is 45.8 Å². The van der Waals surface area contributed by atoms with E-state index in [0.29, 0.717) is 29.9 Å². The van der Waals surface area contributed by atoms with Crippen LogP contribution < -0.4 is 68.7 Å². The summed E-state index contributed by atoms with van der Waals surface area (Å²) in [7, 11) is 16.6. The number of nitrogens with zero attached hydrogens (tertiary/aromatic N) is 13. The zero-order valence-corrected chi connectivity index (χ0v) is 67.2. The first-order valence-corrected chi connectivity index (χ1v) is 38.0. The SMILES string of the molecule is CN(C)CCCNC(=O)CCNC(=O)c1cc(NC(=O)c2cc(NC(=O)c3cc(NC(=O)c4nc(NC(=O)[C@@H](CCNC(=O)c5cc(NC(=O)c6cc(NC(=O)c7nc(NC(=O)c8nccn8C)cn7C)cn6C)cn5C)NC(=O)CCCC(=O)NCCC(=O)N5C[C@@H](CCl)c6c5cc(O)c5ccccc65)cn4C)cn3C)cn2C)cn1C. The predicted octanol–water partition coefficient (Wildman–Crippen LogP) is 4.43. The van der Waals surface area contributed by atoms with E-state index >= 15 is 0 Å². The number of hydrogen-bond donors (Lipinski definition) is 13. The van der Waals surface area contributed by atoms with Gasteiger partial charge in [0.25, 0.3) is 47.3 Å². The summed E-state index contributed by atoms with van der Waals surface area (Å²) in [4.78, 5) is 191. The Morgan fingerprint density at radius 2 is 0.907 bits per heavy atom. The first-order chi connectivity index (χ1) is 56.3. The van der Waals surface area contributed by atoms with Crippen molar-refractivity contribution in [1.82, 2.24) is 83.0 Å². The fourth-order valence-corrected chi connectivity index (χ4v) is 13.7. The number of rotatable bonds is 35. The van der Waals surface area contributed by atoms with Crippen LogP contribution in [0, 0.1) is 0 Å². The maximum atomic E-state index is 14.3. The maximum absolute atomic E-state index is 14.3. The Morgan fingerprint density at radius 1 is 0.466 bits per heavy atom. The molecule has 40 heteroatoms. The third kappa shape index (κ3) is 20.7. The van der Waals surface area contributed by atoms with Crippen LogP contribution in [0.25, 0.3) is 10.8 Å². The van der Waals surface area contributed by atoms with Gasteiger partial charge in [0.1, 0.15) is 40.3 Å². The van der Waals surface area contributed by atoms with E-state index in [-0.39, 0.29) is 168 Å². The molecule has 1 aliphatic heterocycles. The van der Waals surface area contributed by atoms with Crippen molar-refractivity contribution in [2.75, 3.05) is 101 Å². The second-order valence-corrected chi connectivity index (χ2v) is 29.0. The summed E-state index contributed by atoms with van der Waals surface area (Å²) in [6.45, 7) is 1.50. The molecule has 0 aliphatic carbocycles. The lowest BCUT2D eigenvalue weighted by Gasteiger charge is -2.19. The maximum Gasteiger partial charge on any atom is 0.292 e. The number of phenols is 1. The summed E-state index contributed by atoms with van der Waals surface area (Å²) in [5.41, 5.74) is 3.30. The molecule has 0 saturated carbocycles. The Balaban J connectivity index is 0.686. The van der Waals surface area contributed by atoms with Crippen molar-refractivity contribution < 1.29 is 67.4 Å². The number of imidazole rings is 3. The molecule has 11 rings (SSSR count). The molecular weight excluding hydrogens is 1550 g/mol. The van der Waals surface area contributed by atoms with E-state index in [1.807, 2.05) is 37.2 Å². The second-order valence-electron chi connectivity index (χ2n) is 28.7. The Hall–Kier alpha value is -14.1. The summed E-state index contributed by atoms with van der Waals surface area (Å²) in [5, 5.41) is 45.0. The van der Waals surface area contributed by atoms with Crippen molar-refractivity contribution in [3.05, 3.63) is 168 Å². The third-order valence-electron chi connectivity index (χ3n) is 19.4. The average molecular weight is 1640 g/mol. The van der Waals surface area contributed by atoms with E-state index in [0.717, 1.165) is 23.9 Å². The predicted molar refractivity (Wildman–Crippen MR) is 438 cm³/mol. The monoisotopic (exact) mass is 1640 g/mol. The van der Waals surface area contributed by atoms with Gasteiger partial charge < -0.3 is 115 Å². The minimum Gasteiger partial charge on any atom is -0.507 e. The first-order valence-electron chi connectivity index (χ1n) is 37.5. The van der Waals surface area contributed by atoms with Gasteiger partial charge >= 0.3 is 0 Å². The third-order valence-corrected chi connectivity index (χ3v) is 19.7. The number of alkyl halides is 1. The van der Waals surface area contributed by atoms with Gasteiger partial charge in [-0.3, -0.25) is 62.3 Å². The second kappa shape index (κ2) is 37.4. The van der Waals surface area contributed by atoms with Crippen LogP contribution in [0.1, 0.15) is 141 Å². The molecule has 0 radical (unpaired) electrons. The summed E-state index contributed by atoms with van der Waals surface area (Å²) in [6, 6.07) is 14.7. The number of nitrogens with one attached hydrogen (secondary N) is 12. The zero-order valence-electron chi connectivity index (χ0n) is 66.5. The van der Waals surface area contributed by atoms with Crippen LogP contribution in [-0.4, -0.2) is 204 Å². The number of amides is 13. The molecule has 0 bridgehead atoms. The number of aryl methyl sites for hydroxylation is 8. The highest BCUT2D eigenvalue weighted by atomic mass is 35.5. The molecule has 8 aromatic heterocycles. The van der Waals surface area contributed by atoms with Gasteiger partial charge in [0.05, 0.1) is 34.1 Å². The van der Waals surface area contributed by atoms with E-state index in [2.05, 4.69) is 78.8 Å². The van der Waals surface area contributed by atoms with Crippen molar-refractivity contribution >= 4 is 145 Å². The number of halogens is 1. The van der Waals surface area contributed by atoms with E-state index in [1.165, 1.54) is 117 Å². The summed E-state index contributed by atoms with van der Waals surface area (Å²) < 4.78 is 11.7. The van der Waals surface area contributed by atoms with Crippen LogP contribution in [-0.2, 0) is 80.4 Å². The highest BCUT2D eigenvalue weighted by molar-refractivity contribution is 6.19. The number of anilines is 8. The molecule has 1 aliphatic rings. The molecule has 0 fully saturated rings. The minimum absolute atomic E-state index is 0.0158. The van der Waals surface area contributed by atoms with E-state index < -0.39 is 71.0 Å². The molecule has 620 valence electrons. The molecule has 2 aromatic carbocycles. The fourth-order valence-electron chi connectivity index (χ4n) is 13.5. The number of benzene rings is 2. The standard InChI is InChI=1S/C78H92ClN25O14/c1-95(2)27-14-22-80-63(107)20-24-84-72(112)55-30-46(38-98(55)5)85-73(113)56-31-47(39-99(56)6)87-75(115)58-33-48(40-101(58)8)88-77(117)68-91-60(42-102(68)9)93-70(110)52(90-64(108)18-13-17-62(106)81-25-21-65(109)104-36-44(35-79)66-51-16-12-11-15-50(51)59(105)34-53(66)104)19-23-83-71(111)54-29-45(37-97(54)4)86-74(114)57-32-49(41-100(57)7)89-78(118)69-92-61(43-103(69)10)94-76(116)67-82-26-28-96(67)3/h11-12,15-16,26,28-34,37-44,52,105H,13-14,17-25,27,35-36H2,1-10H3,(H,80,107)(H,81,106)(H,83,111)(H,84,112)(H,85,113)(H,86,114)(H,87,115)(H,88,117)(H,89,118)(H,90,108)(H,93,110)(H,94,116)/t44-,52-/m1/s1. The lowest BCUT2D eigenvalue weighted by molar-refractivity contribution is -0.127. The number of carbonyl (C=O) groups excluding carboxylic acids is 13. The van der Waals surface area contributed by atoms with Gasteiger partial charge in [-0.15, -0.1) is 11.6 Å². The number of carbonyl (C=O) groups is 13. The molecule has 9 heterocycles. The molecule has 0 unspecified atom stereocenters. The Morgan fingerprint density at radius 3 is 1.40 bits per heavy atom. The quantitative estimate of drug-likeness (QED) is 0.0193. The Labute approximate surface area is 680 Å². The fraction of sp³-hybridized carbons (Fsp3) is 0.333. The van der Waals surface area contributed by atoms with Crippen LogP contribution in [0.3, 0.4) is 0 Å². The van der Waals surface area contributed by atoms with Crippen LogP contribution in [0.2, 0.25) is 0 Å². The van der Waals surface area contributed by atoms with Gasteiger partial charge in [0.2, 0.25) is 41.2 Å². The Bertz CT molecular complexity index is 5550. The molecule has 39 nitrogen and oxygen atoms in total. The summed E-state index contributed by atoms with van der Waals surface area (Å²) >= 11 is 6.38. The largest absolute Gasteiger partial charge is 0.507 e. The molecule has 0 spiro atoms. The van der Waals surface area contributed by atoms with Gasteiger partial charge in [-0.1, -0.05) is 24.3 Å². The highest BCUT2D eigenvalue weighted by Gasteiger charge is 2.35. The molecule has 0 saturated heterocycles. The van der Waals surface area contributed by atoms with E-state index in [9.17, 15) is 67.4 Å². The van der Waals surface area contributed by atoms with Crippen LogP contribution in [0.5, 0.6) is 5.75 Å². The van der Waals surface area contributed by atoms with Gasteiger partial charge in [-0.2, -0.15) is 0 Å². The van der Waals surface area contributed by atoms with Crippen molar-refractivity contribution in [2.45, 2.75) is 56.9 Å². The first kappa shape index (κ1) is 84.8.